The molecule has 1 unspecified atom stereocenters. The molecule has 1 amide bonds. The SMILES string of the molecule is COc1ccc(/C=C/C(=O)NC(C)c2cccc(C(F)(F)F)c2)cc1S(=O)(=O)N1CCCCC1. The first-order valence-electron chi connectivity index (χ1n) is 10.9. The lowest BCUT2D eigenvalue weighted by Gasteiger charge is -2.26. The molecular formula is C24H27F3N2O4S. The number of alkyl halides is 3. The molecule has 1 fully saturated rings. The number of halogens is 3. The number of ether oxygens (including phenoxy) is 1. The van der Waals surface area contributed by atoms with E-state index in [9.17, 15) is 26.4 Å². The molecule has 184 valence electrons. The summed E-state index contributed by atoms with van der Waals surface area (Å²) >= 11 is 0. The Morgan fingerprint density at radius 1 is 1.12 bits per heavy atom. The topological polar surface area (TPSA) is 75.7 Å². The number of carbonyl (C=O) groups excluding carboxylic acids is 1. The molecule has 1 atom stereocenters. The van der Waals surface area contributed by atoms with E-state index in [1.54, 1.807) is 13.0 Å². The Labute approximate surface area is 197 Å². The molecular weight excluding hydrogens is 469 g/mol. The molecule has 2 aromatic rings. The smallest absolute Gasteiger partial charge is 0.416 e. The van der Waals surface area contributed by atoms with Crippen LogP contribution in [-0.2, 0) is 21.0 Å². The monoisotopic (exact) mass is 496 g/mol. The number of nitrogens with zero attached hydrogens (tertiary/aromatic N) is 1. The zero-order valence-electron chi connectivity index (χ0n) is 18.9. The van der Waals surface area contributed by atoms with Crippen molar-refractivity contribution < 1.29 is 31.1 Å². The number of benzene rings is 2. The van der Waals surface area contributed by atoms with Crippen LogP contribution in [0.5, 0.6) is 5.75 Å². The second-order valence-electron chi connectivity index (χ2n) is 8.06. The van der Waals surface area contributed by atoms with Crippen LogP contribution >= 0.6 is 0 Å². The predicted octanol–water partition coefficient (Wildman–Crippen LogP) is 4.78. The molecule has 0 spiro atoms. The largest absolute Gasteiger partial charge is 0.495 e. The van der Waals surface area contributed by atoms with Crippen molar-refractivity contribution in [3.8, 4) is 5.75 Å². The second kappa shape index (κ2) is 10.6. The van der Waals surface area contributed by atoms with Crippen molar-refractivity contribution in [3.05, 3.63) is 65.2 Å². The molecule has 1 N–H and O–H groups in total. The number of carbonyl (C=O) groups is 1. The van der Waals surface area contributed by atoms with Gasteiger partial charge in [-0.15, -0.1) is 0 Å². The van der Waals surface area contributed by atoms with Gasteiger partial charge in [0, 0.05) is 19.2 Å². The average molecular weight is 497 g/mol. The summed E-state index contributed by atoms with van der Waals surface area (Å²) in [4.78, 5) is 12.4. The minimum absolute atomic E-state index is 0.0248. The van der Waals surface area contributed by atoms with E-state index in [4.69, 9.17) is 4.74 Å². The minimum atomic E-state index is -4.47. The minimum Gasteiger partial charge on any atom is -0.495 e. The van der Waals surface area contributed by atoms with Gasteiger partial charge in [0.25, 0.3) is 0 Å². The van der Waals surface area contributed by atoms with Gasteiger partial charge in [0.05, 0.1) is 18.7 Å². The van der Waals surface area contributed by atoms with Gasteiger partial charge in [0.15, 0.2) is 0 Å². The second-order valence-corrected chi connectivity index (χ2v) is 9.97. The van der Waals surface area contributed by atoms with Crippen LogP contribution in [0, 0.1) is 0 Å². The average Bonchev–Trinajstić information content (AvgIpc) is 2.82. The third kappa shape index (κ3) is 6.18. The standard InChI is InChI=1S/C24H27F3N2O4S/c1-17(19-7-6-8-20(16-19)24(25,26)27)28-23(30)12-10-18-9-11-21(33-2)22(15-18)34(31,32)29-13-4-3-5-14-29/h6-12,15-17H,3-5,13-14H2,1-2H3,(H,28,30)/b12-10+. The summed E-state index contributed by atoms with van der Waals surface area (Å²) in [5.74, 6) is -0.313. The molecule has 10 heteroatoms. The quantitative estimate of drug-likeness (QED) is 0.560. The summed E-state index contributed by atoms with van der Waals surface area (Å²) in [5, 5.41) is 2.62. The first-order valence-corrected chi connectivity index (χ1v) is 12.3. The molecule has 2 aromatic carbocycles. The highest BCUT2D eigenvalue weighted by Gasteiger charge is 2.31. The van der Waals surface area contributed by atoms with Crippen LogP contribution in [0.2, 0.25) is 0 Å². The number of methoxy groups -OCH3 is 1. The molecule has 0 saturated carbocycles. The normalized spacial score (nSPS) is 16.4. The van der Waals surface area contributed by atoms with Gasteiger partial charge in [-0.2, -0.15) is 17.5 Å². The molecule has 0 radical (unpaired) electrons. The van der Waals surface area contributed by atoms with Crippen LogP contribution in [0.25, 0.3) is 6.08 Å². The maximum atomic E-state index is 13.1. The van der Waals surface area contributed by atoms with Crippen molar-refractivity contribution in [2.24, 2.45) is 0 Å². The lowest BCUT2D eigenvalue weighted by molar-refractivity contribution is -0.137. The predicted molar refractivity (Wildman–Crippen MR) is 123 cm³/mol. The van der Waals surface area contributed by atoms with Gasteiger partial charge < -0.3 is 10.1 Å². The van der Waals surface area contributed by atoms with E-state index in [0.29, 0.717) is 24.2 Å². The summed E-state index contributed by atoms with van der Waals surface area (Å²) in [6.45, 7) is 2.47. The van der Waals surface area contributed by atoms with Gasteiger partial charge in [-0.25, -0.2) is 8.42 Å². The highest BCUT2D eigenvalue weighted by atomic mass is 32.2. The Kier molecular flexibility index (Phi) is 8.04. The van der Waals surface area contributed by atoms with E-state index in [0.717, 1.165) is 31.4 Å². The van der Waals surface area contributed by atoms with Gasteiger partial charge in [-0.3, -0.25) is 4.79 Å². The summed E-state index contributed by atoms with van der Waals surface area (Å²) in [6, 6.07) is 8.69. The van der Waals surface area contributed by atoms with Gasteiger partial charge in [0.2, 0.25) is 15.9 Å². The summed E-state index contributed by atoms with van der Waals surface area (Å²) in [6.07, 6.45) is 0.767. The first-order chi connectivity index (χ1) is 16.0. The summed E-state index contributed by atoms with van der Waals surface area (Å²) < 4.78 is 71.7. The van der Waals surface area contributed by atoms with Gasteiger partial charge in [-0.1, -0.05) is 24.6 Å². The van der Waals surface area contributed by atoms with Crippen LogP contribution in [-0.4, -0.2) is 38.8 Å². The van der Waals surface area contributed by atoms with Gasteiger partial charge in [-0.05, 0) is 61.2 Å². The fourth-order valence-electron chi connectivity index (χ4n) is 3.74. The van der Waals surface area contributed by atoms with E-state index in [1.807, 2.05) is 0 Å². The lowest BCUT2D eigenvalue weighted by Crippen LogP contribution is -2.35. The van der Waals surface area contributed by atoms with Gasteiger partial charge >= 0.3 is 6.18 Å². The summed E-state index contributed by atoms with van der Waals surface area (Å²) in [7, 11) is -2.36. The van der Waals surface area contributed by atoms with Crippen LogP contribution < -0.4 is 10.1 Å². The van der Waals surface area contributed by atoms with Crippen LogP contribution in [0.15, 0.2) is 53.4 Å². The maximum Gasteiger partial charge on any atom is 0.416 e. The molecule has 1 saturated heterocycles. The highest BCUT2D eigenvalue weighted by Crippen LogP contribution is 2.31. The zero-order chi connectivity index (χ0) is 24.9. The van der Waals surface area contributed by atoms with E-state index >= 15 is 0 Å². The molecule has 6 nitrogen and oxygen atoms in total. The van der Waals surface area contributed by atoms with Crippen LogP contribution in [0.1, 0.15) is 48.9 Å². The van der Waals surface area contributed by atoms with Crippen molar-refractivity contribution >= 4 is 22.0 Å². The van der Waals surface area contributed by atoms with E-state index in [2.05, 4.69) is 5.32 Å². The van der Waals surface area contributed by atoms with E-state index in [1.165, 1.54) is 47.8 Å². The number of amides is 1. The number of sulfonamides is 1. The Hall–Kier alpha value is -2.85. The highest BCUT2D eigenvalue weighted by molar-refractivity contribution is 7.89. The Morgan fingerprint density at radius 3 is 2.47 bits per heavy atom. The van der Waals surface area contributed by atoms with Crippen molar-refractivity contribution in [1.29, 1.82) is 0 Å². The fraction of sp³-hybridized carbons (Fsp3) is 0.375. The molecule has 1 heterocycles. The molecule has 1 aliphatic rings. The van der Waals surface area contributed by atoms with Crippen molar-refractivity contribution in [3.63, 3.8) is 0 Å². The van der Waals surface area contributed by atoms with Crippen LogP contribution in [0.3, 0.4) is 0 Å². The third-order valence-corrected chi connectivity index (χ3v) is 7.54. The molecule has 0 aromatic heterocycles. The molecule has 3 rings (SSSR count). The number of nitrogens with one attached hydrogen (secondary N) is 1. The first kappa shape index (κ1) is 25.8. The molecule has 0 aliphatic carbocycles. The fourth-order valence-corrected chi connectivity index (χ4v) is 5.45. The Morgan fingerprint density at radius 2 is 1.82 bits per heavy atom. The van der Waals surface area contributed by atoms with Crippen molar-refractivity contribution in [2.45, 2.75) is 43.3 Å². The zero-order valence-corrected chi connectivity index (χ0v) is 19.7. The van der Waals surface area contributed by atoms with Gasteiger partial charge in [0.1, 0.15) is 10.6 Å². The number of hydrogen-bond donors (Lipinski definition) is 1. The molecule has 0 bridgehead atoms. The number of piperidine rings is 1. The Balaban J connectivity index is 1.75. The summed E-state index contributed by atoms with van der Waals surface area (Å²) in [5.41, 5.74) is -0.00323. The Bertz CT molecular complexity index is 1160. The molecule has 34 heavy (non-hydrogen) atoms. The van der Waals surface area contributed by atoms with E-state index < -0.39 is 33.7 Å². The maximum absolute atomic E-state index is 13.1. The number of rotatable bonds is 7. The third-order valence-electron chi connectivity index (χ3n) is 5.62. The van der Waals surface area contributed by atoms with E-state index in [-0.39, 0.29) is 10.6 Å². The van der Waals surface area contributed by atoms with Crippen LogP contribution in [0.4, 0.5) is 13.2 Å². The lowest BCUT2D eigenvalue weighted by atomic mass is 10.0. The van der Waals surface area contributed by atoms with Crippen molar-refractivity contribution in [2.75, 3.05) is 20.2 Å². The number of hydrogen-bond acceptors (Lipinski definition) is 4. The van der Waals surface area contributed by atoms with Crippen molar-refractivity contribution in [1.82, 2.24) is 9.62 Å². The molecule has 1 aliphatic heterocycles.